The first kappa shape index (κ1) is 17.9. The van der Waals surface area contributed by atoms with E-state index >= 15 is 0 Å². The molecule has 3 nitrogen and oxygen atoms in total. The lowest BCUT2D eigenvalue weighted by molar-refractivity contribution is -0.120. The highest BCUT2D eigenvalue weighted by Gasteiger charge is 2.04. The molecule has 0 saturated carbocycles. The maximum Gasteiger partial charge on any atom is 0.221 e. The number of benzene rings is 2. The summed E-state index contributed by atoms with van der Waals surface area (Å²) in [5.41, 5.74) is 1.83. The fourth-order valence-corrected chi connectivity index (χ4v) is 2.64. The summed E-state index contributed by atoms with van der Waals surface area (Å²) in [6.07, 6.45) is 1.11. The number of amides is 1. The Morgan fingerprint density at radius 2 is 1.74 bits per heavy atom. The van der Waals surface area contributed by atoms with E-state index in [1.165, 1.54) is 0 Å². The zero-order chi connectivity index (χ0) is 16.7. The highest BCUT2D eigenvalue weighted by molar-refractivity contribution is 6.35. The molecule has 0 heterocycles. The molecule has 122 valence electrons. The standard InChI is InChI=1S/C17H17Cl3N2O/c18-13-3-1-2-12(10-13)6-8-22-17(23)7-9-21-16-11-14(19)4-5-15(16)20/h1-5,10-11,21H,6-9H2,(H,22,23). The van der Waals surface area contributed by atoms with E-state index in [0.717, 1.165) is 17.7 Å². The first-order chi connectivity index (χ1) is 11.0. The third-order valence-electron chi connectivity index (χ3n) is 3.22. The molecule has 6 heteroatoms. The van der Waals surface area contributed by atoms with Gasteiger partial charge in [0.25, 0.3) is 0 Å². The van der Waals surface area contributed by atoms with Crippen LogP contribution in [0.25, 0.3) is 0 Å². The second kappa shape index (κ2) is 9.02. The van der Waals surface area contributed by atoms with Gasteiger partial charge in [0, 0.05) is 29.6 Å². The smallest absolute Gasteiger partial charge is 0.221 e. The largest absolute Gasteiger partial charge is 0.383 e. The summed E-state index contributed by atoms with van der Waals surface area (Å²) >= 11 is 17.9. The first-order valence-electron chi connectivity index (χ1n) is 7.24. The molecule has 0 radical (unpaired) electrons. The molecule has 0 atom stereocenters. The van der Waals surface area contributed by atoms with Crippen molar-refractivity contribution in [1.82, 2.24) is 5.32 Å². The van der Waals surface area contributed by atoms with Gasteiger partial charge >= 0.3 is 0 Å². The summed E-state index contributed by atoms with van der Waals surface area (Å²) < 4.78 is 0. The van der Waals surface area contributed by atoms with Crippen LogP contribution in [0.5, 0.6) is 0 Å². The van der Waals surface area contributed by atoms with Crippen LogP contribution in [-0.2, 0) is 11.2 Å². The molecular formula is C17H17Cl3N2O. The fourth-order valence-electron chi connectivity index (χ4n) is 2.07. The lowest BCUT2D eigenvalue weighted by Gasteiger charge is -2.09. The summed E-state index contributed by atoms with van der Waals surface area (Å²) in [6.45, 7) is 1.07. The molecular weight excluding hydrogens is 355 g/mol. The summed E-state index contributed by atoms with van der Waals surface area (Å²) in [7, 11) is 0. The number of hydrogen-bond donors (Lipinski definition) is 2. The van der Waals surface area contributed by atoms with Crippen LogP contribution in [0.4, 0.5) is 5.69 Å². The normalized spacial score (nSPS) is 10.4. The van der Waals surface area contributed by atoms with Crippen LogP contribution in [0, 0.1) is 0 Å². The second-order valence-electron chi connectivity index (χ2n) is 5.03. The highest BCUT2D eigenvalue weighted by atomic mass is 35.5. The predicted molar refractivity (Wildman–Crippen MR) is 97.7 cm³/mol. The fraction of sp³-hybridized carbons (Fsp3) is 0.235. The Kier molecular flexibility index (Phi) is 7.03. The molecule has 2 aromatic rings. The molecule has 0 aliphatic carbocycles. The predicted octanol–water partition coefficient (Wildman–Crippen LogP) is 4.81. The van der Waals surface area contributed by atoms with Crippen LogP contribution in [0.2, 0.25) is 15.1 Å². The average Bonchev–Trinajstić information content (AvgIpc) is 2.51. The van der Waals surface area contributed by atoms with Crippen molar-refractivity contribution in [3.8, 4) is 0 Å². The number of anilines is 1. The molecule has 2 N–H and O–H groups in total. The van der Waals surface area contributed by atoms with Crippen molar-refractivity contribution in [2.75, 3.05) is 18.4 Å². The third kappa shape index (κ3) is 6.30. The number of carbonyl (C=O) groups is 1. The quantitative estimate of drug-likeness (QED) is 0.733. The number of carbonyl (C=O) groups excluding carboxylic acids is 1. The third-order valence-corrected chi connectivity index (χ3v) is 4.02. The maximum absolute atomic E-state index is 11.8. The van der Waals surface area contributed by atoms with E-state index in [1.54, 1.807) is 18.2 Å². The Labute approximate surface area is 150 Å². The van der Waals surface area contributed by atoms with Gasteiger partial charge in [0.15, 0.2) is 0 Å². The molecule has 0 aromatic heterocycles. The minimum absolute atomic E-state index is 0.0160. The highest BCUT2D eigenvalue weighted by Crippen LogP contribution is 2.25. The van der Waals surface area contributed by atoms with Crippen molar-refractivity contribution in [2.45, 2.75) is 12.8 Å². The molecule has 0 bridgehead atoms. The Balaban J connectivity index is 1.68. The van der Waals surface area contributed by atoms with Crippen LogP contribution in [-0.4, -0.2) is 19.0 Å². The van der Waals surface area contributed by atoms with E-state index in [2.05, 4.69) is 10.6 Å². The van der Waals surface area contributed by atoms with Crippen molar-refractivity contribution in [3.63, 3.8) is 0 Å². The number of nitrogens with one attached hydrogen (secondary N) is 2. The molecule has 1 amide bonds. The molecule has 2 rings (SSSR count). The number of hydrogen-bond acceptors (Lipinski definition) is 2. The van der Waals surface area contributed by atoms with Crippen LogP contribution >= 0.6 is 34.8 Å². The number of halogens is 3. The van der Waals surface area contributed by atoms with Gasteiger partial charge in [-0.05, 0) is 42.3 Å². The van der Waals surface area contributed by atoms with Crippen molar-refractivity contribution in [2.24, 2.45) is 0 Å². The van der Waals surface area contributed by atoms with Gasteiger partial charge in [-0.15, -0.1) is 0 Å². The van der Waals surface area contributed by atoms with Gasteiger partial charge in [0.1, 0.15) is 0 Å². The molecule has 0 unspecified atom stereocenters. The van der Waals surface area contributed by atoms with Crippen molar-refractivity contribution in [1.29, 1.82) is 0 Å². The van der Waals surface area contributed by atoms with E-state index in [9.17, 15) is 4.79 Å². The van der Waals surface area contributed by atoms with E-state index in [-0.39, 0.29) is 5.91 Å². The topological polar surface area (TPSA) is 41.1 Å². The van der Waals surface area contributed by atoms with E-state index in [4.69, 9.17) is 34.8 Å². The minimum Gasteiger partial charge on any atom is -0.383 e. The Morgan fingerprint density at radius 3 is 2.52 bits per heavy atom. The molecule has 0 spiro atoms. The molecule has 2 aromatic carbocycles. The molecule has 0 aliphatic heterocycles. The van der Waals surface area contributed by atoms with Crippen molar-refractivity contribution in [3.05, 3.63) is 63.1 Å². The van der Waals surface area contributed by atoms with Crippen LogP contribution in [0.3, 0.4) is 0 Å². The zero-order valence-electron chi connectivity index (χ0n) is 12.4. The van der Waals surface area contributed by atoms with Gasteiger partial charge in [0.2, 0.25) is 5.91 Å². The second-order valence-corrected chi connectivity index (χ2v) is 6.31. The first-order valence-corrected chi connectivity index (χ1v) is 8.38. The Hall–Kier alpha value is -1.42. The van der Waals surface area contributed by atoms with Gasteiger partial charge in [-0.1, -0.05) is 46.9 Å². The summed E-state index contributed by atoms with van der Waals surface area (Å²) in [5, 5.41) is 7.87. The summed E-state index contributed by atoms with van der Waals surface area (Å²) in [6, 6.07) is 12.8. The molecule has 0 aliphatic rings. The molecule has 0 fully saturated rings. The SMILES string of the molecule is O=C(CCNc1cc(Cl)ccc1Cl)NCCc1cccc(Cl)c1. The number of rotatable bonds is 7. The van der Waals surface area contributed by atoms with E-state index < -0.39 is 0 Å². The monoisotopic (exact) mass is 370 g/mol. The lowest BCUT2D eigenvalue weighted by atomic mass is 10.1. The summed E-state index contributed by atoms with van der Waals surface area (Å²) in [4.78, 5) is 11.8. The van der Waals surface area contributed by atoms with Gasteiger partial charge in [-0.2, -0.15) is 0 Å². The Bertz CT molecular complexity index is 677. The maximum atomic E-state index is 11.8. The zero-order valence-corrected chi connectivity index (χ0v) is 14.7. The Morgan fingerprint density at radius 1 is 0.957 bits per heavy atom. The van der Waals surface area contributed by atoms with Gasteiger partial charge < -0.3 is 10.6 Å². The van der Waals surface area contributed by atoms with E-state index in [0.29, 0.717) is 34.6 Å². The van der Waals surface area contributed by atoms with Crippen molar-refractivity contribution >= 4 is 46.4 Å². The van der Waals surface area contributed by atoms with Crippen LogP contribution in [0.1, 0.15) is 12.0 Å². The van der Waals surface area contributed by atoms with Gasteiger partial charge in [-0.25, -0.2) is 0 Å². The average molecular weight is 372 g/mol. The van der Waals surface area contributed by atoms with Crippen molar-refractivity contribution < 1.29 is 4.79 Å². The minimum atomic E-state index is -0.0160. The van der Waals surface area contributed by atoms with Gasteiger partial charge in [-0.3, -0.25) is 4.79 Å². The van der Waals surface area contributed by atoms with Crippen LogP contribution in [0.15, 0.2) is 42.5 Å². The lowest BCUT2D eigenvalue weighted by Crippen LogP contribution is -2.27. The summed E-state index contributed by atoms with van der Waals surface area (Å²) in [5.74, 6) is -0.0160. The van der Waals surface area contributed by atoms with Crippen LogP contribution < -0.4 is 10.6 Å². The van der Waals surface area contributed by atoms with Gasteiger partial charge in [0.05, 0.1) is 10.7 Å². The molecule has 23 heavy (non-hydrogen) atoms. The van der Waals surface area contributed by atoms with E-state index in [1.807, 2.05) is 24.3 Å². The molecule has 0 saturated heterocycles.